The van der Waals surface area contributed by atoms with Crippen LogP contribution in [0.5, 0.6) is 0 Å². The predicted octanol–water partition coefficient (Wildman–Crippen LogP) is 2.85. The highest BCUT2D eigenvalue weighted by Crippen LogP contribution is 2.20. The van der Waals surface area contributed by atoms with Crippen LogP contribution in [-0.4, -0.2) is 9.97 Å². The summed E-state index contributed by atoms with van der Waals surface area (Å²) in [4.78, 5) is 8.30. The number of pyridine rings is 2. The number of halogens is 1. The van der Waals surface area contributed by atoms with E-state index in [0.29, 0.717) is 5.15 Å². The summed E-state index contributed by atoms with van der Waals surface area (Å²) < 4.78 is 0. The zero-order valence-electron chi connectivity index (χ0n) is 7.29. The lowest BCUT2D eigenvalue weighted by atomic mass is 10.2. The van der Waals surface area contributed by atoms with Crippen molar-refractivity contribution in [3.8, 4) is 0 Å². The van der Waals surface area contributed by atoms with E-state index in [2.05, 4.69) is 16.9 Å². The fraction of sp³-hybridized carbons (Fsp3) is 0.200. The van der Waals surface area contributed by atoms with Crippen LogP contribution in [0.2, 0.25) is 5.15 Å². The molecule has 0 aromatic carbocycles. The molecule has 0 unspecified atom stereocenters. The Hall–Kier alpha value is -1.15. The van der Waals surface area contributed by atoms with Crippen LogP contribution in [0, 0.1) is 0 Å². The summed E-state index contributed by atoms with van der Waals surface area (Å²) in [6.45, 7) is 2.09. The summed E-state index contributed by atoms with van der Waals surface area (Å²) in [6, 6.07) is 3.90. The maximum absolute atomic E-state index is 5.93. The van der Waals surface area contributed by atoms with Gasteiger partial charge in [0.1, 0.15) is 5.15 Å². The van der Waals surface area contributed by atoms with Crippen LogP contribution in [0.3, 0.4) is 0 Å². The van der Waals surface area contributed by atoms with Gasteiger partial charge < -0.3 is 0 Å². The first-order valence-corrected chi connectivity index (χ1v) is 4.58. The topological polar surface area (TPSA) is 25.8 Å². The smallest absolute Gasteiger partial charge is 0.138 e. The molecule has 0 saturated carbocycles. The molecule has 2 nitrogen and oxygen atoms in total. The summed E-state index contributed by atoms with van der Waals surface area (Å²) in [7, 11) is 0. The molecule has 0 bridgehead atoms. The van der Waals surface area contributed by atoms with Crippen LogP contribution in [0.1, 0.15) is 12.5 Å². The average molecular weight is 193 g/mol. The highest BCUT2D eigenvalue weighted by molar-refractivity contribution is 6.34. The van der Waals surface area contributed by atoms with Gasteiger partial charge in [0.2, 0.25) is 0 Å². The van der Waals surface area contributed by atoms with Crippen molar-refractivity contribution in [3.63, 3.8) is 0 Å². The maximum atomic E-state index is 5.93. The molecule has 0 aliphatic carbocycles. The SMILES string of the molecule is CCc1cnc2ccnc(Cl)c2c1. The van der Waals surface area contributed by atoms with E-state index in [1.165, 1.54) is 5.56 Å². The standard InChI is InChI=1S/C10H9ClN2/c1-2-7-5-8-9(13-6-7)3-4-12-10(8)11/h3-6H,2H2,1H3. The molecule has 0 aliphatic heterocycles. The van der Waals surface area contributed by atoms with Crippen molar-refractivity contribution < 1.29 is 0 Å². The fourth-order valence-corrected chi connectivity index (χ4v) is 1.46. The molecule has 2 aromatic heterocycles. The Morgan fingerprint density at radius 3 is 3.00 bits per heavy atom. The third kappa shape index (κ3) is 1.49. The first-order valence-electron chi connectivity index (χ1n) is 4.20. The Morgan fingerprint density at radius 1 is 1.38 bits per heavy atom. The minimum atomic E-state index is 0.528. The molecule has 0 aliphatic rings. The van der Waals surface area contributed by atoms with Crippen LogP contribution >= 0.6 is 11.6 Å². The molecule has 0 amide bonds. The summed E-state index contributed by atoms with van der Waals surface area (Å²) in [6.07, 6.45) is 4.51. The second-order valence-electron chi connectivity index (χ2n) is 2.87. The van der Waals surface area contributed by atoms with Crippen molar-refractivity contribution in [2.24, 2.45) is 0 Å². The molecule has 2 aromatic rings. The van der Waals surface area contributed by atoms with Gasteiger partial charge in [-0.05, 0) is 24.1 Å². The van der Waals surface area contributed by atoms with E-state index in [4.69, 9.17) is 11.6 Å². The Morgan fingerprint density at radius 2 is 2.23 bits per heavy atom. The molecule has 66 valence electrons. The lowest BCUT2D eigenvalue weighted by molar-refractivity contribution is 1.12. The Bertz CT molecular complexity index is 440. The number of aryl methyl sites for hydroxylation is 1. The molecule has 2 rings (SSSR count). The average Bonchev–Trinajstić information content (AvgIpc) is 2.18. The Labute approximate surface area is 81.6 Å². The molecular formula is C10H9ClN2. The van der Waals surface area contributed by atoms with Crippen LogP contribution in [0.4, 0.5) is 0 Å². The number of rotatable bonds is 1. The lowest BCUT2D eigenvalue weighted by Crippen LogP contribution is -1.86. The first kappa shape index (κ1) is 8.45. The second kappa shape index (κ2) is 3.30. The van der Waals surface area contributed by atoms with Gasteiger partial charge in [0.05, 0.1) is 5.52 Å². The normalized spacial score (nSPS) is 10.6. The molecule has 0 atom stereocenters. The van der Waals surface area contributed by atoms with E-state index in [1.54, 1.807) is 6.20 Å². The molecule has 0 fully saturated rings. The minimum absolute atomic E-state index is 0.528. The second-order valence-corrected chi connectivity index (χ2v) is 3.22. The molecule has 0 N–H and O–H groups in total. The van der Waals surface area contributed by atoms with Crippen molar-refractivity contribution in [2.75, 3.05) is 0 Å². The Balaban J connectivity index is 2.74. The zero-order valence-corrected chi connectivity index (χ0v) is 8.04. The van der Waals surface area contributed by atoms with Gasteiger partial charge in [-0.2, -0.15) is 0 Å². The van der Waals surface area contributed by atoms with E-state index in [0.717, 1.165) is 17.3 Å². The van der Waals surface area contributed by atoms with Crippen LogP contribution in [-0.2, 0) is 6.42 Å². The summed E-state index contributed by atoms with van der Waals surface area (Å²) in [5.74, 6) is 0. The number of aromatic nitrogens is 2. The van der Waals surface area contributed by atoms with E-state index >= 15 is 0 Å². The molecular weight excluding hydrogens is 184 g/mol. The molecule has 0 spiro atoms. The minimum Gasteiger partial charge on any atom is -0.256 e. The van der Waals surface area contributed by atoms with Crippen LogP contribution < -0.4 is 0 Å². The summed E-state index contributed by atoms with van der Waals surface area (Å²) in [5, 5.41) is 1.46. The van der Waals surface area contributed by atoms with Gasteiger partial charge >= 0.3 is 0 Å². The van der Waals surface area contributed by atoms with Gasteiger partial charge in [-0.25, -0.2) is 4.98 Å². The third-order valence-corrected chi connectivity index (χ3v) is 2.33. The predicted molar refractivity (Wildman–Crippen MR) is 53.9 cm³/mol. The van der Waals surface area contributed by atoms with Crippen molar-refractivity contribution in [1.82, 2.24) is 9.97 Å². The summed E-state index contributed by atoms with van der Waals surface area (Å²) >= 11 is 5.93. The Kier molecular flexibility index (Phi) is 2.15. The van der Waals surface area contributed by atoms with Crippen molar-refractivity contribution >= 4 is 22.5 Å². The number of nitrogens with zero attached hydrogens (tertiary/aromatic N) is 2. The van der Waals surface area contributed by atoms with E-state index in [1.807, 2.05) is 18.3 Å². The molecule has 3 heteroatoms. The molecule has 0 saturated heterocycles. The monoisotopic (exact) mass is 192 g/mol. The number of hydrogen-bond donors (Lipinski definition) is 0. The number of hydrogen-bond acceptors (Lipinski definition) is 2. The number of fused-ring (bicyclic) bond motifs is 1. The lowest BCUT2D eigenvalue weighted by Gasteiger charge is -2.00. The summed E-state index contributed by atoms with van der Waals surface area (Å²) in [5.41, 5.74) is 2.08. The van der Waals surface area contributed by atoms with Crippen molar-refractivity contribution in [2.45, 2.75) is 13.3 Å². The van der Waals surface area contributed by atoms with Crippen molar-refractivity contribution in [1.29, 1.82) is 0 Å². The van der Waals surface area contributed by atoms with Gasteiger partial charge in [0.25, 0.3) is 0 Å². The van der Waals surface area contributed by atoms with Crippen molar-refractivity contribution in [3.05, 3.63) is 35.2 Å². The van der Waals surface area contributed by atoms with Crippen LogP contribution in [0.15, 0.2) is 24.5 Å². The first-order chi connectivity index (χ1) is 6.31. The highest BCUT2D eigenvalue weighted by atomic mass is 35.5. The van der Waals surface area contributed by atoms with E-state index < -0.39 is 0 Å². The van der Waals surface area contributed by atoms with Gasteiger partial charge in [-0.3, -0.25) is 4.98 Å². The highest BCUT2D eigenvalue weighted by Gasteiger charge is 2.00. The largest absolute Gasteiger partial charge is 0.256 e. The third-order valence-electron chi connectivity index (χ3n) is 2.03. The van der Waals surface area contributed by atoms with Gasteiger partial charge in [0.15, 0.2) is 0 Å². The van der Waals surface area contributed by atoms with Gasteiger partial charge in [0, 0.05) is 17.8 Å². The fourth-order valence-electron chi connectivity index (χ4n) is 1.25. The van der Waals surface area contributed by atoms with Gasteiger partial charge in [-0.15, -0.1) is 0 Å². The molecule has 13 heavy (non-hydrogen) atoms. The van der Waals surface area contributed by atoms with E-state index in [-0.39, 0.29) is 0 Å². The van der Waals surface area contributed by atoms with Gasteiger partial charge in [-0.1, -0.05) is 18.5 Å². The van der Waals surface area contributed by atoms with Crippen LogP contribution in [0.25, 0.3) is 10.9 Å². The molecule has 2 heterocycles. The van der Waals surface area contributed by atoms with E-state index in [9.17, 15) is 0 Å². The zero-order chi connectivity index (χ0) is 9.26. The quantitative estimate of drug-likeness (QED) is 0.650. The molecule has 0 radical (unpaired) electrons. The maximum Gasteiger partial charge on any atom is 0.138 e.